The largest absolute Gasteiger partial charge is 0.311 e. The van der Waals surface area contributed by atoms with E-state index in [2.05, 4.69) is 235 Å². The van der Waals surface area contributed by atoms with Gasteiger partial charge in [-0.25, -0.2) is 0 Å². The number of aryl methyl sites for hydroxylation is 1. The first-order valence-corrected chi connectivity index (χ1v) is 27.4. The van der Waals surface area contributed by atoms with E-state index in [0.717, 1.165) is 6.42 Å². The van der Waals surface area contributed by atoms with Crippen molar-refractivity contribution in [1.29, 1.82) is 0 Å². The van der Waals surface area contributed by atoms with Crippen LogP contribution in [0.5, 0.6) is 0 Å². The third-order valence-corrected chi connectivity index (χ3v) is 19.6. The number of hydrogen-bond acceptors (Lipinski definition) is 3. The maximum Gasteiger partial charge on any atom is 0.254 e. The van der Waals surface area contributed by atoms with E-state index in [9.17, 15) is 0 Å². The molecule has 2 nitrogen and oxygen atoms in total. The lowest BCUT2D eigenvalue weighted by Crippen LogP contribution is -2.61. The van der Waals surface area contributed by atoms with Gasteiger partial charge in [0, 0.05) is 33.0 Å². The fourth-order valence-electron chi connectivity index (χ4n) is 14.0. The number of benzene rings is 6. The molecule has 4 aliphatic heterocycles. The van der Waals surface area contributed by atoms with Crippen LogP contribution in [0.4, 0.5) is 33.4 Å². The van der Waals surface area contributed by atoms with E-state index in [1.54, 1.807) is 22.3 Å². The van der Waals surface area contributed by atoms with Gasteiger partial charge in [-0.15, -0.1) is 11.3 Å². The van der Waals surface area contributed by atoms with Gasteiger partial charge in [-0.3, -0.25) is 0 Å². The number of thiophene rings is 1. The maximum absolute atomic E-state index is 2.75. The average molecular weight is 939 g/mol. The van der Waals surface area contributed by atoms with Gasteiger partial charge in [-0.1, -0.05) is 152 Å². The molecule has 0 N–H and O–H groups in total. The van der Waals surface area contributed by atoms with Crippen molar-refractivity contribution in [2.45, 2.75) is 181 Å². The molecule has 0 fully saturated rings. The van der Waals surface area contributed by atoms with Gasteiger partial charge < -0.3 is 9.80 Å². The molecular formula is C66H75BN2S. The third-order valence-electron chi connectivity index (χ3n) is 18.4. The predicted octanol–water partition coefficient (Wildman–Crippen LogP) is 16.9. The molecule has 7 aromatic rings. The molecule has 70 heavy (non-hydrogen) atoms. The van der Waals surface area contributed by atoms with Gasteiger partial charge in [0.15, 0.2) is 0 Å². The van der Waals surface area contributed by atoms with E-state index in [1.165, 1.54) is 119 Å². The number of hydrogen-bond donors (Lipinski definition) is 0. The standard InChI is InChI=1S/C66H75BN2S/c1-39-31-54-58-55(32-39)69-52-25-20-42(61(5,6)7)34-45(52)40-17-24-47-48(33-40)63(11,12)27-29-65(47,15)38-66(16)30-28-64(13,14)49-36-46-56(37-50(49)66)70-59(69)57(46)67(58)51-35-43(62(8,9)10)21-26-53(51)68(54)44-22-18-41(19-23-44)60(2,3)4/h17-26,31-37H,27-30,38H2,1-16H3. The van der Waals surface area contributed by atoms with Gasteiger partial charge in [-0.05, 0) is 203 Å². The Balaban J connectivity index is 1.25. The van der Waals surface area contributed by atoms with Gasteiger partial charge in [0.05, 0.1) is 10.7 Å². The molecule has 6 aliphatic rings. The average Bonchev–Trinajstić information content (AvgIpc) is 3.65. The van der Waals surface area contributed by atoms with Crippen molar-refractivity contribution in [3.63, 3.8) is 0 Å². The summed E-state index contributed by atoms with van der Waals surface area (Å²) >= 11 is 2.05. The molecule has 0 amide bonds. The Kier molecular flexibility index (Phi) is 9.57. The monoisotopic (exact) mass is 939 g/mol. The smallest absolute Gasteiger partial charge is 0.254 e. The quantitative estimate of drug-likeness (QED) is 0.151. The lowest BCUT2D eigenvalue weighted by Gasteiger charge is -2.51. The van der Waals surface area contributed by atoms with Gasteiger partial charge in [0.1, 0.15) is 0 Å². The van der Waals surface area contributed by atoms with E-state index >= 15 is 0 Å². The summed E-state index contributed by atoms with van der Waals surface area (Å²) in [6.45, 7) is 39.0. The summed E-state index contributed by atoms with van der Waals surface area (Å²) in [5, 5.41) is 2.81. The van der Waals surface area contributed by atoms with E-state index < -0.39 is 0 Å². The third kappa shape index (κ3) is 6.69. The molecule has 0 saturated carbocycles. The van der Waals surface area contributed by atoms with Crippen LogP contribution in [0.1, 0.15) is 180 Å². The molecular weight excluding hydrogens is 864 g/mol. The number of rotatable bonds is 1. The Labute approximate surface area is 425 Å². The molecule has 7 bridgehead atoms. The highest BCUT2D eigenvalue weighted by Gasteiger charge is 2.51. The number of anilines is 6. The molecule has 5 heterocycles. The zero-order valence-corrected chi connectivity index (χ0v) is 46.0. The normalized spacial score (nSPS) is 21.7. The predicted molar refractivity (Wildman–Crippen MR) is 306 cm³/mol. The molecule has 2 atom stereocenters. The van der Waals surface area contributed by atoms with Crippen molar-refractivity contribution in [1.82, 2.24) is 0 Å². The Morgan fingerprint density at radius 3 is 1.67 bits per heavy atom. The Hall–Kier alpha value is -5.06. The SMILES string of the molecule is Cc1cc2c3c(c1)N1c4ccc(C(C)(C)C)cc4-c4ccc5c(c4)C(C)(C)CCC5(C)CC4(C)CCC(C)(C)c5cc6c(c1sc6cc54)B3c1cc(C(C)(C)C)ccc1N2c1ccc(C(C)(C)C)cc1. The van der Waals surface area contributed by atoms with Gasteiger partial charge in [-0.2, -0.15) is 0 Å². The van der Waals surface area contributed by atoms with Crippen molar-refractivity contribution in [3.05, 3.63) is 148 Å². The summed E-state index contributed by atoms with van der Waals surface area (Å²) in [4.78, 5) is 5.37. The van der Waals surface area contributed by atoms with Crippen molar-refractivity contribution in [2.24, 2.45) is 0 Å². The second-order valence-corrected chi connectivity index (χ2v) is 28.7. The van der Waals surface area contributed by atoms with E-state index in [4.69, 9.17) is 0 Å². The molecule has 0 saturated heterocycles. The minimum Gasteiger partial charge on any atom is -0.311 e. The Bertz CT molecular complexity index is 3360. The fourth-order valence-corrected chi connectivity index (χ4v) is 15.3. The fraction of sp³-hybridized carbons (Fsp3) is 0.424. The summed E-state index contributed by atoms with van der Waals surface area (Å²) in [7, 11) is 0. The zero-order valence-electron chi connectivity index (χ0n) is 45.2. The van der Waals surface area contributed by atoms with Crippen LogP contribution in [0.3, 0.4) is 0 Å². The van der Waals surface area contributed by atoms with Crippen LogP contribution in [0.25, 0.3) is 21.2 Å². The van der Waals surface area contributed by atoms with Crippen LogP contribution in [0, 0.1) is 6.92 Å². The van der Waals surface area contributed by atoms with Crippen molar-refractivity contribution in [3.8, 4) is 11.1 Å². The van der Waals surface area contributed by atoms with Gasteiger partial charge in [0.2, 0.25) is 0 Å². The minimum absolute atomic E-state index is 0.0207. The Morgan fingerprint density at radius 2 is 1.04 bits per heavy atom. The molecule has 4 heteroatoms. The number of fused-ring (bicyclic) bond motifs is 5. The van der Waals surface area contributed by atoms with E-state index in [0.29, 0.717) is 0 Å². The first kappa shape index (κ1) is 46.0. The van der Waals surface area contributed by atoms with Crippen LogP contribution in [-0.2, 0) is 37.9 Å². The minimum atomic E-state index is -0.0221. The summed E-state index contributed by atoms with van der Waals surface area (Å²) in [5.41, 5.74) is 25.2. The molecule has 13 rings (SSSR count). The molecule has 2 unspecified atom stereocenters. The summed E-state index contributed by atoms with van der Waals surface area (Å²) in [6, 6.07) is 42.7. The molecule has 0 radical (unpaired) electrons. The summed E-state index contributed by atoms with van der Waals surface area (Å²) < 4.78 is 1.43. The second kappa shape index (κ2) is 14.6. The van der Waals surface area contributed by atoms with Crippen LogP contribution < -0.4 is 26.2 Å². The lowest BCUT2D eigenvalue weighted by molar-refractivity contribution is 0.208. The first-order chi connectivity index (χ1) is 32.7. The van der Waals surface area contributed by atoms with E-state index in [-0.39, 0.29) is 44.6 Å². The number of nitrogens with zero attached hydrogens (tertiary/aromatic N) is 2. The second-order valence-electron chi connectivity index (χ2n) is 27.7. The zero-order chi connectivity index (χ0) is 49.6. The molecule has 6 aromatic carbocycles. The summed E-state index contributed by atoms with van der Waals surface area (Å²) in [5.74, 6) is 0. The van der Waals surface area contributed by atoms with Crippen molar-refractivity contribution in [2.75, 3.05) is 9.80 Å². The van der Waals surface area contributed by atoms with Crippen LogP contribution in [0.2, 0.25) is 0 Å². The maximum atomic E-state index is 2.75. The Morgan fingerprint density at radius 1 is 0.486 bits per heavy atom. The highest BCUT2D eigenvalue weighted by molar-refractivity contribution is 7.26. The highest BCUT2D eigenvalue weighted by Crippen LogP contribution is 2.59. The first-order valence-electron chi connectivity index (χ1n) is 26.6. The lowest BCUT2D eigenvalue weighted by atomic mass is 9.33. The molecule has 0 spiro atoms. The van der Waals surface area contributed by atoms with Crippen LogP contribution in [0.15, 0.2) is 103 Å². The van der Waals surface area contributed by atoms with Crippen LogP contribution >= 0.6 is 11.3 Å². The summed E-state index contributed by atoms with van der Waals surface area (Å²) in [6.07, 6.45) is 5.95. The highest BCUT2D eigenvalue weighted by atomic mass is 32.1. The topological polar surface area (TPSA) is 6.48 Å². The van der Waals surface area contributed by atoms with E-state index in [1.807, 2.05) is 0 Å². The van der Waals surface area contributed by atoms with Crippen molar-refractivity contribution < 1.29 is 0 Å². The molecule has 358 valence electrons. The molecule has 2 aliphatic carbocycles. The molecule has 1 aromatic heterocycles. The van der Waals surface area contributed by atoms with Crippen LogP contribution in [-0.4, -0.2) is 6.71 Å². The van der Waals surface area contributed by atoms with Gasteiger partial charge in [0.25, 0.3) is 6.71 Å². The van der Waals surface area contributed by atoms with Gasteiger partial charge >= 0.3 is 0 Å². The van der Waals surface area contributed by atoms with Crippen molar-refractivity contribution >= 4 is 78.0 Å².